The zero-order chi connectivity index (χ0) is 22.0. The van der Waals surface area contributed by atoms with E-state index in [1.807, 2.05) is 11.4 Å². The normalized spacial score (nSPS) is 15.7. The zero-order valence-corrected chi connectivity index (χ0v) is 17.7. The van der Waals surface area contributed by atoms with Gasteiger partial charge in [-0.25, -0.2) is 13.6 Å². The number of nitrogens with zero attached hydrogens (tertiary/aromatic N) is 2. The minimum absolute atomic E-state index is 0.00400. The molecular weight excluding hydrogens is 420 g/mol. The van der Waals surface area contributed by atoms with E-state index in [9.17, 15) is 18.4 Å². The number of benzene rings is 2. The summed E-state index contributed by atoms with van der Waals surface area (Å²) in [5.41, 5.74) is 1.64. The first-order valence-electron chi connectivity index (χ1n) is 9.84. The van der Waals surface area contributed by atoms with E-state index in [1.54, 1.807) is 47.2 Å². The summed E-state index contributed by atoms with van der Waals surface area (Å²) in [5.74, 6) is -1.29. The number of hydrogen-bond acceptors (Lipinski definition) is 3. The van der Waals surface area contributed by atoms with Crippen molar-refractivity contribution in [3.63, 3.8) is 0 Å². The van der Waals surface area contributed by atoms with Gasteiger partial charge in [0, 0.05) is 31.9 Å². The molecule has 160 valence electrons. The number of carbonyl (C=O) groups is 2. The van der Waals surface area contributed by atoms with Crippen LogP contribution in [-0.2, 0) is 0 Å². The highest BCUT2D eigenvalue weighted by Gasteiger charge is 2.31. The summed E-state index contributed by atoms with van der Waals surface area (Å²) >= 11 is 1.41. The number of amides is 3. The minimum Gasteiger partial charge on any atom is -0.336 e. The Morgan fingerprint density at radius 1 is 1.06 bits per heavy atom. The highest BCUT2D eigenvalue weighted by molar-refractivity contribution is 7.12. The summed E-state index contributed by atoms with van der Waals surface area (Å²) in [6.45, 7) is 1.10. The van der Waals surface area contributed by atoms with Crippen molar-refractivity contribution in [2.45, 2.75) is 12.5 Å². The molecule has 1 atom stereocenters. The molecule has 3 amide bonds. The van der Waals surface area contributed by atoms with Gasteiger partial charge >= 0.3 is 6.03 Å². The summed E-state index contributed by atoms with van der Waals surface area (Å²) in [6.07, 6.45) is 0.713. The van der Waals surface area contributed by atoms with Crippen molar-refractivity contribution in [1.29, 1.82) is 0 Å². The summed E-state index contributed by atoms with van der Waals surface area (Å²) in [7, 11) is 1.71. The zero-order valence-electron chi connectivity index (χ0n) is 16.8. The number of halogens is 2. The number of urea groups is 1. The second kappa shape index (κ2) is 8.85. The van der Waals surface area contributed by atoms with E-state index < -0.39 is 11.6 Å². The van der Waals surface area contributed by atoms with Crippen LogP contribution in [-0.4, -0.2) is 47.9 Å². The van der Waals surface area contributed by atoms with Crippen LogP contribution in [0.15, 0.2) is 60.0 Å². The van der Waals surface area contributed by atoms with E-state index >= 15 is 0 Å². The molecule has 0 saturated carbocycles. The van der Waals surface area contributed by atoms with E-state index in [0.29, 0.717) is 41.2 Å². The highest BCUT2D eigenvalue weighted by Crippen LogP contribution is 2.24. The molecule has 0 radical (unpaired) electrons. The Morgan fingerprint density at radius 2 is 1.77 bits per heavy atom. The van der Waals surface area contributed by atoms with E-state index in [0.717, 1.165) is 6.07 Å². The Bertz CT molecular complexity index is 1070. The average molecular weight is 442 g/mol. The lowest BCUT2D eigenvalue weighted by Gasteiger charge is -2.25. The van der Waals surface area contributed by atoms with Crippen LogP contribution in [0, 0.1) is 11.6 Å². The van der Waals surface area contributed by atoms with Crippen LogP contribution >= 0.6 is 11.3 Å². The molecule has 0 spiro atoms. The fourth-order valence-electron chi connectivity index (χ4n) is 3.64. The third kappa shape index (κ3) is 4.74. The maximum absolute atomic E-state index is 13.4. The van der Waals surface area contributed by atoms with E-state index in [1.165, 1.54) is 23.5 Å². The number of likely N-dealkylation sites (tertiary alicyclic amines) is 1. The van der Waals surface area contributed by atoms with Crippen molar-refractivity contribution in [3.8, 4) is 11.1 Å². The van der Waals surface area contributed by atoms with Gasteiger partial charge in [0.25, 0.3) is 5.91 Å². The standard InChI is InChI=1S/C23H21F2N3O2S/c1-27(20-8-9-28(14-20)22(29)21-3-2-10-31-21)23(30)26-19-6-4-15(5-7-19)16-11-17(24)13-18(25)12-16/h2-7,10-13,20H,8-9,14H2,1H3,(H,26,30)/t20-/m1/s1. The van der Waals surface area contributed by atoms with Gasteiger partial charge in [-0.3, -0.25) is 4.79 Å². The van der Waals surface area contributed by atoms with E-state index in [4.69, 9.17) is 0 Å². The molecule has 4 rings (SSSR count). The third-order valence-corrected chi connectivity index (χ3v) is 6.24. The molecule has 2 heterocycles. The Labute approximate surface area is 182 Å². The van der Waals surface area contributed by atoms with Crippen LogP contribution in [0.3, 0.4) is 0 Å². The summed E-state index contributed by atoms with van der Waals surface area (Å²) in [4.78, 5) is 29.2. The van der Waals surface area contributed by atoms with Crippen LogP contribution in [0.1, 0.15) is 16.1 Å². The van der Waals surface area contributed by atoms with Gasteiger partial charge in [-0.15, -0.1) is 11.3 Å². The minimum atomic E-state index is -0.642. The molecule has 0 unspecified atom stereocenters. The van der Waals surface area contributed by atoms with Gasteiger partial charge in [0.1, 0.15) is 11.6 Å². The van der Waals surface area contributed by atoms with Crippen molar-refractivity contribution in [1.82, 2.24) is 9.80 Å². The lowest BCUT2D eigenvalue weighted by molar-refractivity contribution is 0.0788. The number of hydrogen-bond donors (Lipinski definition) is 1. The molecule has 1 N–H and O–H groups in total. The predicted octanol–water partition coefficient (Wildman–Crippen LogP) is 5.07. The van der Waals surface area contributed by atoms with Gasteiger partial charge in [0.05, 0.1) is 10.9 Å². The van der Waals surface area contributed by atoms with Gasteiger partial charge in [-0.05, 0) is 53.3 Å². The molecule has 1 aliphatic heterocycles. The second-order valence-electron chi connectivity index (χ2n) is 7.45. The van der Waals surface area contributed by atoms with Gasteiger partial charge < -0.3 is 15.1 Å². The summed E-state index contributed by atoms with van der Waals surface area (Å²) < 4.78 is 26.9. The Morgan fingerprint density at radius 3 is 2.42 bits per heavy atom. The van der Waals surface area contributed by atoms with E-state index in [-0.39, 0.29) is 18.0 Å². The first-order chi connectivity index (χ1) is 14.9. The molecule has 5 nitrogen and oxygen atoms in total. The second-order valence-corrected chi connectivity index (χ2v) is 8.40. The van der Waals surface area contributed by atoms with E-state index in [2.05, 4.69) is 5.32 Å². The van der Waals surface area contributed by atoms with Gasteiger partial charge in [0.2, 0.25) is 0 Å². The van der Waals surface area contributed by atoms with Crippen molar-refractivity contribution in [3.05, 3.63) is 76.5 Å². The smallest absolute Gasteiger partial charge is 0.321 e. The highest BCUT2D eigenvalue weighted by atomic mass is 32.1. The van der Waals surface area contributed by atoms with Crippen molar-refractivity contribution < 1.29 is 18.4 Å². The van der Waals surface area contributed by atoms with Crippen LogP contribution in [0.25, 0.3) is 11.1 Å². The van der Waals surface area contributed by atoms with Crippen molar-refractivity contribution in [2.75, 3.05) is 25.5 Å². The lowest BCUT2D eigenvalue weighted by atomic mass is 10.1. The molecular formula is C23H21F2N3O2S. The average Bonchev–Trinajstić information content (AvgIpc) is 3.45. The van der Waals surface area contributed by atoms with Gasteiger partial charge in [-0.1, -0.05) is 18.2 Å². The first kappa shape index (κ1) is 21.0. The Balaban J connectivity index is 1.36. The molecule has 0 aliphatic carbocycles. The first-order valence-corrected chi connectivity index (χ1v) is 10.7. The van der Waals surface area contributed by atoms with Crippen LogP contribution < -0.4 is 5.32 Å². The molecule has 3 aromatic rings. The molecule has 1 saturated heterocycles. The fourth-order valence-corrected chi connectivity index (χ4v) is 4.33. The van der Waals surface area contributed by atoms with Crippen molar-refractivity contribution >= 4 is 29.0 Å². The molecule has 31 heavy (non-hydrogen) atoms. The van der Waals surface area contributed by atoms with Gasteiger partial charge in [0.15, 0.2) is 0 Å². The number of rotatable bonds is 4. The molecule has 1 aliphatic rings. The lowest BCUT2D eigenvalue weighted by Crippen LogP contribution is -2.42. The van der Waals surface area contributed by atoms with Crippen LogP contribution in [0.5, 0.6) is 0 Å². The molecule has 1 fully saturated rings. The van der Waals surface area contributed by atoms with Crippen LogP contribution in [0.4, 0.5) is 19.3 Å². The number of likely N-dealkylation sites (N-methyl/N-ethyl adjacent to an activating group) is 1. The quantitative estimate of drug-likeness (QED) is 0.615. The fraction of sp³-hybridized carbons (Fsp3) is 0.217. The number of thiophene rings is 1. The SMILES string of the molecule is CN(C(=O)Nc1ccc(-c2cc(F)cc(F)c2)cc1)[C@@H]1CCN(C(=O)c2cccs2)C1. The topological polar surface area (TPSA) is 52.7 Å². The number of carbonyl (C=O) groups excluding carboxylic acids is 2. The predicted molar refractivity (Wildman–Crippen MR) is 117 cm³/mol. The van der Waals surface area contributed by atoms with Crippen LogP contribution in [0.2, 0.25) is 0 Å². The maximum Gasteiger partial charge on any atom is 0.321 e. The van der Waals surface area contributed by atoms with Gasteiger partial charge in [-0.2, -0.15) is 0 Å². The third-order valence-electron chi connectivity index (χ3n) is 5.38. The number of anilines is 1. The Hall–Kier alpha value is -3.26. The monoisotopic (exact) mass is 441 g/mol. The largest absolute Gasteiger partial charge is 0.336 e. The molecule has 2 aromatic carbocycles. The molecule has 0 bridgehead atoms. The summed E-state index contributed by atoms with van der Waals surface area (Å²) in [5, 5.41) is 4.70. The number of nitrogens with one attached hydrogen (secondary N) is 1. The molecule has 8 heteroatoms. The molecule has 1 aromatic heterocycles. The Kier molecular flexibility index (Phi) is 5.99. The van der Waals surface area contributed by atoms with Crippen molar-refractivity contribution in [2.24, 2.45) is 0 Å². The maximum atomic E-state index is 13.4. The summed E-state index contributed by atoms with van der Waals surface area (Å²) in [6, 6.07) is 13.4.